The van der Waals surface area contributed by atoms with E-state index in [2.05, 4.69) is 32.4 Å². The first-order valence-electron chi connectivity index (χ1n) is 7.27. The summed E-state index contributed by atoms with van der Waals surface area (Å²) in [5.41, 5.74) is 2.27. The van der Waals surface area contributed by atoms with Crippen molar-refractivity contribution in [1.82, 2.24) is 15.0 Å². The van der Waals surface area contributed by atoms with Gasteiger partial charge < -0.3 is 5.32 Å². The van der Waals surface area contributed by atoms with Crippen molar-refractivity contribution in [2.45, 2.75) is 45.4 Å². The molecular formula is C15H19ClN4. The Bertz CT molecular complexity index is 561. The zero-order chi connectivity index (χ0) is 13.9. The standard InChI is InChI=1S/C15H19ClN4/c1-10(9-11-7-8-11)17-15-19-13(18-14(16)20-15)12-5-3-2-4-6-12/h5,9,11H,2-4,6-8H2,1H3,(H,17,18,19,20). The third kappa shape index (κ3) is 3.57. The van der Waals surface area contributed by atoms with Crippen LogP contribution in [0.4, 0.5) is 5.95 Å². The summed E-state index contributed by atoms with van der Waals surface area (Å²) in [6.45, 7) is 2.04. The second kappa shape index (κ2) is 5.92. The summed E-state index contributed by atoms with van der Waals surface area (Å²) in [7, 11) is 0. The van der Waals surface area contributed by atoms with Crippen molar-refractivity contribution in [3.05, 3.63) is 29.0 Å². The molecule has 0 unspecified atom stereocenters. The number of hydrogen-bond donors (Lipinski definition) is 1. The van der Waals surface area contributed by atoms with Crippen molar-refractivity contribution in [2.75, 3.05) is 5.32 Å². The lowest BCUT2D eigenvalue weighted by molar-refractivity contribution is 0.736. The van der Waals surface area contributed by atoms with E-state index in [1.807, 2.05) is 6.92 Å². The van der Waals surface area contributed by atoms with Crippen LogP contribution in [0.5, 0.6) is 0 Å². The number of nitrogens with zero attached hydrogens (tertiary/aromatic N) is 3. The van der Waals surface area contributed by atoms with Crippen molar-refractivity contribution in [3.8, 4) is 0 Å². The number of anilines is 1. The van der Waals surface area contributed by atoms with Gasteiger partial charge in [-0.2, -0.15) is 15.0 Å². The van der Waals surface area contributed by atoms with Crippen LogP contribution in [0.1, 0.15) is 51.3 Å². The molecular weight excluding hydrogens is 272 g/mol. The van der Waals surface area contributed by atoms with Gasteiger partial charge in [0.05, 0.1) is 0 Å². The molecule has 0 radical (unpaired) electrons. The molecule has 1 fully saturated rings. The Morgan fingerprint density at radius 3 is 2.85 bits per heavy atom. The van der Waals surface area contributed by atoms with E-state index in [1.54, 1.807) is 0 Å². The Labute approximate surface area is 124 Å². The van der Waals surface area contributed by atoms with E-state index < -0.39 is 0 Å². The van der Waals surface area contributed by atoms with Gasteiger partial charge >= 0.3 is 0 Å². The number of nitrogens with one attached hydrogen (secondary N) is 1. The lowest BCUT2D eigenvalue weighted by atomic mass is 9.99. The maximum atomic E-state index is 6.02. The fourth-order valence-corrected chi connectivity index (χ4v) is 2.59. The van der Waals surface area contributed by atoms with Crippen LogP contribution < -0.4 is 5.32 Å². The first-order valence-corrected chi connectivity index (χ1v) is 7.65. The van der Waals surface area contributed by atoms with Crippen LogP contribution in [0, 0.1) is 5.92 Å². The Morgan fingerprint density at radius 1 is 1.30 bits per heavy atom. The zero-order valence-corrected chi connectivity index (χ0v) is 12.5. The Kier molecular flexibility index (Phi) is 4.01. The van der Waals surface area contributed by atoms with E-state index in [4.69, 9.17) is 11.6 Å². The van der Waals surface area contributed by atoms with Crippen LogP contribution in [0.25, 0.3) is 5.57 Å². The van der Waals surface area contributed by atoms with E-state index in [0.29, 0.717) is 11.8 Å². The second-order valence-electron chi connectivity index (χ2n) is 5.54. The SMILES string of the molecule is CC(=CC1CC1)Nc1nc(Cl)nc(C2=CCCCC2)n1. The highest BCUT2D eigenvalue weighted by Gasteiger charge is 2.19. The molecule has 0 aromatic carbocycles. The predicted molar refractivity (Wildman–Crippen MR) is 81.4 cm³/mol. The molecule has 1 saturated carbocycles. The summed E-state index contributed by atoms with van der Waals surface area (Å²) < 4.78 is 0. The molecule has 2 aliphatic rings. The molecule has 5 heteroatoms. The second-order valence-corrected chi connectivity index (χ2v) is 5.88. The van der Waals surface area contributed by atoms with Gasteiger partial charge in [-0.1, -0.05) is 12.2 Å². The van der Waals surface area contributed by atoms with E-state index in [0.717, 1.165) is 24.5 Å². The van der Waals surface area contributed by atoms with Crippen molar-refractivity contribution in [1.29, 1.82) is 0 Å². The molecule has 0 amide bonds. The lowest BCUT2D eigenvalue weighted by Crippen LogP contribution is -2.07. The van der Waals surface area contributed by atoms with Gasteiger partial charge in [-0.3, -0.25) is 0 Å². The fraction of sp³-hybridized carbons (Fsp3) is 0.533. The topological polar surface area (TPSA) is 50.7 Å². The molecule has 0 bridgehead atoms. The first-order chi connectivity index (χ1) is 9.70. The average molecular weight is 291 g/mol. The van der Waals surface area contributed by atoms with Crippen LogP contribution >= 0.6 is 11.6 Å². The van der Waals surface area contributed by atoms with Gasteiger partial charge in [-0.05, 0) is 68.5 Å². The Morgan fingerprint density at radius 2 is 2.15 bits per heavy atom. The molecule has 1 aromatic rings. The van der Waals surface area contributed by atoms with Crippen LogP contribution in [0.3, 0.4) is 0 Å². The summed E-state index contributed by atoms with van der Waals surface area (Å²) in [6.07, 6.45) is 11.6. The Hall–Kier alpha value is -1.42. The molecule has 106 valence electrons. The molecule has 0 saturated heterocycles. The molecule has 2 aliphatic carbocycles. The largest absolute Gasteiger partial charge is 0.328 e. The van der Waals surface area contributed by atoms with Crippen LogP contribution in [-0.2, 0) is 0 Å². The van der Waals surface area contributed by atoms with Gasteiger partial charge in [-0.25, -0.2) is 0 Å². The first kappa shape index (κ1) is 13.6. The summed E-state index contributed by atoms with van der Waals surface area (Å²) in [5.74, 6) is 1.98. The third-order valence-corrected chi connectivity index (χ3v) is 3.77. The van der Waals surface area contributed by atoms with Crippen LogP contribution in [0.2, 0.25) is 5.28 Å². The van der Waals surface area contributed by atoms with Crippen LogP contribution in [0.15, 0.2) is 17.8 Å². The summed E-state index contributed by atoms with van der Waals surface area (Å²) >= 11 is 6.02. The van der Waals surface area contributed by atoms with Gasteiger partial charge in [0.1, 0.15) is 0 Å². The summed E-state index contributed by atoms with van der Waals surface area (Å²) in [5, 5.41) is 3.47. The predicted octanol–water partition coefficient (Wildman–Crippen LogP) is 4.21. The number of allylic oxidation sites excluding steroid dienone is 4. The van der Waals surface area contributed by atoms with Gasteiger partial charge in [-0.15, -0.1) is 0 Å². The minimum absolute atomic E-state index is 0.253. The number of rotatable bonds is 4. The molecule has 1 N–H and O–H groups in total. The minimum atomic E-state index is 0.253. The third-order valence-electron chi connectivity index (χ3n) is 3.60. The van der Waals surface area contributed by atoms with E-state index in [1.165, 1.54) is 31.3 Å². The van der Waals surface area contributed by atoms with Crippen molar-refractivity contribution in [3.63, 3.8) is 0 Å². The van der Waals surface area contributed by atoms with E-state index in [9.17, 15) is 0 Å². The highest BCUT2D eigenvalue weighted by molar-refractivity contribution is 6.28. The van der Waals surface area contributed by atoms with Gasteiger partial charge in [0.15, 0.2) is 5.82 Å². The maximum absolute atomic E-state index is 6.02. The Balaban J connectivity index is 1.80. The molecule has 4 nitrogen and oxygen atoms in total. The fourth-order valence-electron chi connectivity index (χ4n) is 2.43. The van der Waals surface area contributed by atoms with Crippen molar-refractivity contribution < 1.29 is 0 Å². The summed E-state index contributed by atoms with van der Waals surface area (Å²) in [4.78, 5) is 12.9. The highest BCUT2D eigenvalue weighted by atomic mass is 35.5. The van der Waals surface area contributed by atoms with Gasteiger partial charge in [0, 0.05) is 5.70 Å². The van der Waals surface area contributed by atoms with Crippen molar-refractivity contribution in [2.24, 2.45) is 5.92 Å². The van der Waals surface area contributed by atoms with Gasteiger partial charge in [0.25, 0.3) is 0 Å². The monoisotopic (exact) mass is 290 g/mol. The minimum Gasteiger partial charge on any atom is -0.328 e. The van der Waals surface area contributed by atoms with Crippen LogP contribution in [-0.4, -0.2) is 15.0 Å². The number of hydrogen-bond acceptors (Lipinski definition) is 4. The molecule has 0 atom stereocenters. The maximum Gasteiger partial charge on any atom is 0.231 e. The average Bonchev–Trinajstić information content (AvgIpc) is 3.23. The zero-order valence-electron chi connectivity index (χ0n) is 11.7. The number of halogens is 1. The van der Waals surface area contributed by atoms with E-state index >= 15 is 0 Å². The molecule has 1 heterocycles. The molecule has 0 spiro atoms. The summed E-state index contributed by atoms with van der Waals surface area (Å²) in [6, 6.07) is 0. The molecule has 1 aromatic heterocycles. The van der Waals surface area contributed by atoms with Gasteiger partial charge in [0.2, 0.25) is 11.2 Å². The molecule has 3 rings (SSSR count). The quantitative estimate of drug-likeness (QED) is 0.902. The highest BCUT2D eigenvalue weighted by Crippen LogP contribution is 2.31. The smallest absolute Gasteiger partial charge is 0.231 e. The number of aromatic nitrogens is 3. The normalized spacial score (nSPS) is 19.7. The lowest BCUT2D eigenvalue weighted by Gasteiger charge is -2.12. The molecule has 0 aliphatic heterocycles. The van der Waals surface area contributed by atoms with Crippen molar-refractivity contribution >= 4 is 23.1 Å². The molecule has 20 heavy (non-hydrogen) atoms. The van der Waals surface area contributed by atoms with E-state index in [-0.39, 0.29) is 5.28 Å².